The molecule has 0 aromatic rings. The number of hydrogen-bond donors (Lipinski definition) is 0. The molecule has 3 atom stereocenters. The fourth-order valence-electron chi connectivity index (χ4n) is 3.21. The molecule has 1 nitrogen and oxygen atoms in total. The molecule has 3 unspecified atom stereocenters. The first-order chi connectivity index (χ1) is 6.46. The molecule has 0 N–H and O–H groups in total. The van der Waals surface area contributed by atoms with Gasteiger partial charge in [0.25, 0.3) is 0 Å². The zero-order valence-electron chi connectivity index (χ0n) is 9.43. The Hall–Kier alpha value is 1.45. The van der Waals surface area contributed by atoms with Crippen LogP contribution in [0, 0.1) is 11.8 Å². The van der Waals surface area contributed by atoms with Gasteiger partial charge in [-0.15, -0.1) is 0 Å². The largest absolute Gasteiger partial charge is 1.00 e. The van der Waals surface area contributed by atoms with Crippen LogP contribution >= 0.6 is 0 Å². The molecule has 2 fully saturated rings. The monoisotopic (exact) mass is 245 g/mol. The summed E-state index contributed by atoms with van der Waals surface area (Å²) in [6, 6.07) is 0.206. The molecular formula is C9H16BF3KN. The van der Waals surface area contributed by atoms with E-state index in [0.29, 0.717) is 11.8 Å². The Labute approximate surface area is 132 Å². The van der Waals surface area contributed by atoms with Crippen LogP contribution in [0.5, 0.6) is 0 Å². The summed E-state index contributed by atoms with van der Waals surface area (Å²) in [6.45, 7) is -4.65. The molecule has 6 heteroatoms. The van der Waals surface area contributed by atoms with Crippen molar-refractivity contribution in [2.75, 3.05) is 13.5 Å². The first kappa shape index (κ1) is 14.5. The van der Waals surface area contributed by atoms with Gasteiger partial charge in [-0.3, -0.25) is 0 Å². The third kappa shape index (κ3) is 3.71. The van der Waals surface area contributed by atoms with Gasteiger partial charge < -0.3 is 17.8 Å². The Bertz CT molecular complexity index is 224. The van der Waals surface area contributed by atoms with Gasteiger partial charge in [-0.25, -0.2) is 0 Å². The van der Waals surface area contributed by atoms with Gasteiger partial charge >= 0.3 is 58.4 Å². The summed E-state index contributed by atoms with van der Waals surface area (Å²) >= 11 is 0. The minimum atomic E-state index is -4.65. The summed E-state index contributed by atoms with van der Waals surface area (Å²) in [4.78, 5) is 1.53. The zero-order chi connectivity index (χ0) is 10.3. The number of fused-ring (bicyclic) bond motifs is 2. The van der Waals surface area contributed by atoms with Crippen molar-refractivity contribution in [2.45, 2.75) is 31.7 Å². The van der Waals surface area contributed by atoms with Gasteiger partial charge in [0.05, 0.1) is 0 Å². The van der Waals surface area contributed by atoms with Crippen molar-refractivity contribution >= 4 is 6.98 Å². The second-order valence-electron chi connectivity index (χ2n) is 4.89. The Kier molecular flexibility index (Phi) is 5.22. The summed E-state index contributed by atoms with van der Waals surface area (Å²) in [7, 11) is 1.63. The Balaban J connectivity index is 0.00000112. The third-order valence-corrected chi connectivity index (χ3v) is 3.76. The second-order valence-corrected chi connectivity index (χ2v) is 4.89. The van der Waals surface area contributed by atoms with Crippen molar-refractivity contribution in [2.24, 2.45) is 11.8 Å². The molecule has 2 aliphatic carbocycles. The van der Waals surface area contributed by atoms with Crippen molar-refractivity contribution in [3.8, 4) is 0 Å². The summed E-state index contributed by atoms with van der Waals surface area (Å²) < 4.78 is 36.7. The standard InChI is InChI=1S/C9H16BF3N.K/c1-14(6-10(11,12)13)9-5-7-2-3-8(9)4-7;/h7-9H,2-6H2,1H3;/q-1;+1. The van der Waals surface area contributed by atoms with E-state index in [1.165, 1.54) is 17.7 Å². The van der Waals surface area contributed by atoms with Gasteiger partial charge in [0.2, 0.25) is 0 Å². The smallest absolute Gasteiger partial charge is 0.448 e. The van der Waals surface area contributed by atoms with Gasteiger partial charge in [0.15, 0.2) is 0 Å². The maximum atomic E-state index is 12.2. The minimum absolute atomic E-state index is 0. The number of halogens is 3. The van der Waals surface area contributed by atoms with Gasteiger partial charge in [0.1, 0.15) is 0 Å². The molecule has 0 spiro atoms. The predicted molar refractivity (Wildman–Crippen MR) is 50.9 cm³/mol. The predicted octanol–water partition coefficient (Wildman–Crippen LogP) is -0.503. The van der Waals surface area contributed by atoms with Gasteiger partial charge in [0, 0.05) is 6.04 Å². The van der Waals surface area contributed by atoms with Crippen LogP contribution in [0.4, 0.5) is 12.9 Å². The van der Waals surface area contributed by atoms with E-state index in [2.05, 4.69) is 0 Å². The van der Waals surface area contributed by atoms with E-state index in [0.717, 1.165) is 12.8 Å². The van der Waals surface area contributed by atoms with Gasteiger partial charge in [-0.1, -0.05) is 6.42 Å². The SMILES string of the molecule is CN(C[B-](F)(F)F)C1CC2CCC1C2.[K+]. The second kappa shape index (κ2) is 5.40. The van der Waals surface area contributed by atoms with E-state index in [-0.39, 0.29) is 57.4 Å². The van der Waals surface area contributed by atoms with Crippen LogP contribution in [0.25, 0.3) is 0 Å². The maximum absolute atomic E-state index is 12.2. The summed E-state index contributed by atoms with van der Waals surface area (Å²) in [5.74, 6) is 1.26. The van der Waals surface area contributed by atoms with E-state index in [9.17, 15) is 12.9 Å². The topological polar surface area (TPSA) is 3.24 Å². The molecule has 0 aromatic carbocycles. The molecule has 0 amide bonds. The van der Waals surface area contributed by atoms with E-state index in [1.54, 1.807) is 7.05 Å². The normalized spacial score (nSPS) is 34.6. The van der Waals surface area contributed by atoms with Crippen molar-refractivity contribution in [1.29, 1.82) is 0 Å². The van der Waals surface area contributed by atoms with E-state index in [4.69, 9.17) is 0 Å². The molecule has 2 saturated carbocycles. The molecule has 0 saturated heterocycles. The van der Waals surface area contributed by atoms with E-state index < -0.39 is 13.4 Å². The molecule has 82 valence electrons. The molecule has 15 heavy (non-hydrogen) atoms. The summed E-state index contributed by atoms with van der Waals surface area (Å²) in [5, 5.41) is 0. The first-order valence-corrected chi connectivity index (χ1v) is 5.37. The van der Waals surface area contributed by atoms with Crippen LogP contribution < -0.4 is 51.4 Å². The average Bonchev–Trinajstić information content (AvgIpc) is 2.59. The first-order valence-electron chi connectivity index (χ1n) is 5.37. The van der Waals surface area contributed by atoms with Crippen molar-refractivity contribution < 1.29 is 64.3 Å². The Morgan fingerprint density at radius 3 is 2.27 bits per heavy atom. The van der Waals surface area contributed by atoms with Crippen LogP contribution in [0.1, 0.15) is 25.7 Å². The zero-order valence-corrected chi connectivity index (χ0v) is 12.5. The van der Waals surface area contributed by atoms with Crippen LogP contribution in [0.2, 0.25) is 0 Å². The fourth-order valence-corrected chi connectivity index (χ4v) is 3.21. The molecule has 0 aromatic heterocycles. The molecular weight excluding hydrogens is 229 g/mol. The minimum Gasteiger partial charge on any atom is -0.448 e. The van der Waals surface area contributed by atoms with Crippen molar-refractivity contribution in [3.05, 3.63) is 0 Å². The molecule has 2 bridgehead atoms. The van der Waals surface area contributed by atoms with Crippen LogP contribution in [-0.2, 0) is 0 Å². The summed E-state index contributed by atoms with van der Waals surface area (Å²) in [5.41, 5.74) is 0. The number of nitrogens with zero attached hydrogens (tertiary/aromatic N) is 1. The summed E-state index contributed by atoms with van der Waals surface area (Å²) in [6.07, 6.45) is 3.86. The maximum Gasteiger partial charge on any atom is 1.00 e. The number of rotatable bonds is 3. The number of hydrogen-bond acceptors (Lipinski definition) is 1. The fraction of sp³-hybridized carbons (Fsp3) is 1.00. The van der Waals surface area contributed by atoms with E-state index >= 15 is 0 Å². The third-order valence-electron chi connectivity index (χ3n) is 3.76. The molecule has 2 aliphatic rings. The average molecular weight is 245 g/mol. The molecule has 2 rings (SSSR count). The van der Waals surface area contributed by atoms with E-state index in [1.807, 2.05) is 0 Å². The Morgan fingerprint density at radius 2 is 1.87 bits per heavy atom. The molecule has 0 aliphatic heterocycles. The van der Waals surface area contributed by atoms with Crippen molar-refractivity contribution in [1.82, 2.24) is 4.90 Å². The molecule has 0 radical (unpaired) electrons. The van der Waals surface area contributed by atoms with Crippen molar-refractivity contribution in [3.63, 3.8) is 0 Å². The molecule has 0 heterocycles. The quantitative estimate of drug-likeness (QED) is 0.606. The van der Waals surface area contributed by atoms with Crippen LogP contribution in [0.15, 0.2) is 0 Å². The Morgan fingerprint density at radius 1 is 1.20 bits per heavy atom. The van der Waals surface area contributed by atoms with Crippen LogP contribution in [0.3, 0.4) is 0 Å². The van der Waals surface area contributed by atoms with Gasteiger partial charge in [-0.05, 0) is 44.6 Å². The van der Waals surface area contributed by atoms with Crippen LogP contribution in [-0.4, -0.2) is 31.4 Å². The van der Waals surface area contributed by atoms with Gasteiger partial charge in [-0.2, -0.15) is 0 Å².